The number of carbonyl (C=O) groups excluding carboxylic acids is 2. The van der Waals surface area contributed by atoms with E-state index in [0.717, 1.165) is 12.8 Å². The van der Waals surface area contributed by atoms with Crippen molar-refractivity contribution < 1.29 is 9.59 Å². The quantitative estimate of drug-likeness (QED) is 0.444. The van der Waals surface area contributed by atoms with E-state index >= 15 is 0 Å². The largest absolute Gasteiger partial charge is 0.282 e. The third-order valence-corrected chi connectivity index (χ3v) is 2.92. The Morgan fingerprint density at radius 3 is 2.08 bits per heavy atom. The molecule has 3 nitrogen and oxygen atoms in total. The van der Waals surface area contributed by atoms with Crippen LogP contribution in [-0.2, 0) is 9.59 Å². The third kappa shape index (κ3) is 1.10. The lowest BCUT2D eigenvalue weighted by atomic mass is 9.85. The van der Waals surface area contributed by atoms with E-state index in [-0.39, 0.29) is 23.7 Å². The van der Waals surface area contributed by atoms with Gasteiger partial charge < -0.3 is 0 Å². The number of likely N-dealkylation sites (tertiary alicyclic amines) is 1. The van der Waals surface area contributed by atoms with Gasteiger partial charge in [0.2, 0.25) is 11.8 Å². The molecule has 0 saturated carbocycles. The number of amides is 2. The third-order valence-electron chi connectivity index (χ3n) is 2.92. The van der Waals surface area contributed by atoms with Crippen LogP contribution in [0, 0.1) is 11.8 Å². The van der Waals surface area contributed by atoms with E-state index in [1.54, 1.807) is 0 Å². The number of carbonyl (C=O) groups is 2. The Balaban J connectivity index is 2.27. The van der Waals surface area contributed by atoms with E-state index in [0.29, 0.717) is 6.54 Å². The van der Waals surface area contributed by atoms with Gasteiger partial charge in [-0.15, -0.1) is 0 Å². The number of hydrogen-bond acceptors (Lipinski definition) is 2. The summed E-state index contributed by atoms with van der Waals surface area (Å²) in [6.07, 6.45) is 5.49. The molecule has 1 aliphatic carbocycles. The van der Waals surface area contributed by atoms with E-state index in [2.05, 4.69) is 0 Å². The lowest BCUT2D eigenvalue weighted by Crippen LogP contribution is -2.30. The van der Waals surface area contributed by atoms with Gasteiger partial charge in [-0.2, -0.15) is 0 Å². The standard InChI is InChI=1S/C10H13NO2/c1-2-11-9(12)7-5-3-4-6-8(7)10(11)13/h3-4,7-8H,2,5-6H2,1H3. The number of fused-ring (bicyclic) bond motifs is 1. The lowest BCUT2D eigenvalue weighted by molar-refractivity contribution is -0.139. The van der Waals surface area contributed by atoms with Crippen LogP contribution in [0.2, 0.25) is 0 Å². The Hall–Kier alpha value is -1.12. The van der Waals surface area contributed by atoms with Crippen LogP contribution < -0.4 is 0 Å². The summed E-state index contributed by atoms with van der Waals surface area (Å²) >= 11 is 0. The molecule has 0 radical (unpaired) electrons. The molecule has 1 heterocycles. The molecule has 0 spiro atoms. The number of imide groups is 1. The van der Waals surface area contributed by atoms with E-state index in [1.165, 1.54) is 4.90 Å². The van der Waals surface area contributed by atoms with Crippen molar-refractivity contribution in [3.05, 3.63) is 12.2 Å². The predicted molar refractivity (Wildman–Crippen MR) is 47.7 cm³/mol. The topological polar surface area (TPSA) is 37.4 Å². The zero-order valence-electron chi connectivity index (χ0n) is 7.69. The van der Waals surface area contributed by atoms with E-state index in [9.17, 15) is 9.59 Å². The van der Waals surface area contributed by atoms with Crippen molar-refractivity contribution in [2.24, 2.45) is 11.8 Å². The predicted octanol–water partition coefficient (Wildman–Crippen LogP) is 0.958. The molecule has 2 rings (SSSR count). The van der Waals surface area contributed by atoms with Gasteiger partial charge in [0.15, 0.2) is 0 Å². The minimum Gasteiger partial charge on any atom is -0.282 e. The minimum atomic E-state index is -0.0579. The molecule has 1 saturated heterocycles. The first-order chi connectivity index (χ1) is 6.25. The fourth-order valence-electron chi connectivity index (χ4n) is 2.18. The van der Waals surface area contributed by atoms with Crippen LogP contribution in [-0.4, -0.2) is 23.3 Å². The van der Waals surface area contributed by atoms with Gasteiger partial charge in [0.1, 0.15) is 0 Å². The van der Waals surface area contributed by atoms with Crippen molar-refractivity contribution in [1.29, 1.82) is 0 Å². The number of hydrogen-bond donors (Lipinski definition) is 0. The summed E-state index contributed by atoms with van der Waals surface area (Å²) in [4.78, 5) is 24.7. The van der Waals surface area contributed by atoms with E-state index < -0.39 is 0 Å². The van der Waals surface area contributed by atoms with Crippen molar-refractivity contribution >= 4 is 11.8 Å². The fraction of sp³-hybridized carbons (Fsp3) is 0.600. The van der Waals surface area contributed by atoms with Gasteiger partial charge >= 0.3 is 0 Å². The molecule has 0 N–H and O–H groups in total. The zero-order valence-corrected chi connectivity index (χ0v) is 7.69. The highest BCUT2D eigenvalue weighted by molar-refractivity contribution is 6.05. The first kappa shape index (κ1) is 8.48. The molecule has 1 aliphatic heterocycles. The maximum Gasteiger partial charge on any atom is 0.233 e. The smallest absolute Gasteiger partial charge is 0.233 e. The van der Waals surface area contributed by atoms with Crippen LogP contribution in [0.25, 0.3) is 0 Å². The van der Waals surface area contributed by atoms with Crippen LogP contribution in [0.4, 0.5) is 0 Å². The Bertz CT molecular complexity index is 257. The summed E-state index contributed by atoms with van der Waals surface area (Å²) in [5, 5.41) is 0. The monoisotopic (exact) mass is 179 g/mol. The van der Waals surface area contributed by atoms with Gasteiger partial charge in [-0.25, -0.2) is 0 Å². The van der Waals surface area contributed by atoms with Crippen LogP contribution in [0.15, 0.2) is 12.2 Å². The van der Waals surface area contributed by atoms with Gasteiger partial charge in [-0.3, -0.25) is 14.5 Å². The van der Waals surface area contributed by atoms with Crippen molar-refractivity contribution in [1.82, 2.24) is 4.90 Å². The fourth-order valence-corrected chi connectivity index (χ4v) is 2.18. The second-order valence-electron chi connectivity index (χ2n) is 3.58. The van der Waals surface area contributed by atoms with E-state index in [4.69, 9.17) is 0 Å². The summed E-state index contributed by atoms with van der Waals surface area (Å²) in [5.41, 5.74) is 0. The average molecular weight is 179 g/mol. The molecular formula is C10H13NO2. The molecule has 0 aromatic rings. The zero-order chi connectivity index (χ0) is 9.42. The van der Waals surface area contributed by atoms with Crippen molar-refractivity contribution in [2.45, 2.75) is 19.8 Å². The Kier molecular flexibility index (Phi) is 1.94. The molecule has 13 heavy (non-hydrogen) atoms. The SMILES string of the molecule is CCN1C(=O)C2CC=CCC2C1=O. The second kappa shape index (κ2) is 2.98. The summed E-state index contributed by atoms with van der Waals surface area (Å²) in [5.74, 6) is -0.0569. The molecule has 0 aromatic carbocycles. The summed E-state index contributed by atoms with van der Waals surface area (Å²) in [6, 6.07) is 0. The molecule has 2 amide bonds. The Morgan fingerprint density at radius 1 is 1.23 bits per heavy atom. The second-order valence-corrected chi connectivity index (χ2v) is 3.58. The van der Waals surface area contributed by atoms with Crippen LogP contribution >= 0.6 is 0 Å². The first-order valence-corrected chi connectivity index (χ1v) is 4.76. The molecular weight excluding hydrogens is 166 g/mol. The van der Waals surface area contributed by atoms with Crippen molar-refractivity contribution in [2.75, 3.05) is 6.54 Å². The molecule has 70 valence electrons. The molecule has 0 bridgehead atoms. The molecule has 2 unspecified atom stereocenters. The highest BCUT2D eigenvalue weighted by atomic mass is 16.2. The van der Waals surface area contributed by atoms with Gasteiger partial charge in [-0.1, -0.05) is 12.2 Å². The molecule has 3 heteroatoms. The van der Waals surface area contributed by atoms with E-state index in [1.807, 2.05) is 19.1 Å². The normalized spacial score (nSPS) is 32.5. The number of nitrogens with zero attached hydrogens (tertiary/aromatic N) is 1. The Labute approximate surface area is 77.4 Å². The highest BCUT2D eigenvalue weighted by Crippen LogP contribution is 2.34. The van der Waals surface area contributed by atoms with Crippen molar-refractivity contribution in [3.63, 3.8) is 0 Å². The maximum absolute atomic E-state index is 11.7. The number of allylic oxidation sites excluding steroid dienone is 2. The molecule has 0 aromatic heterocycles. The van der Waals surface area contributed by atoms with Gasteiger partial charge in [0, 0.05) is 6.54 Å². The Morgan fingerprint density at radius 2 is 1.69 bits per heavy atom. The van der Waals surface area contributed by atoms with Crippen LogP contribution in [0.3, 0.4) is 0 Å². The first-order valence-electron chi connectivity index (χ1n) is 4.76. The average Bonchev–Trinajstić information content (AvgIpc) is 2.41. The van der Waals surface area contributed by atoms with Gasteiger partial charge in [0.25, 0.3) is 0 Å². The van der Waals surface area contributed by atoms with Gasteiger partial charge in [-0.05, 0) is 19.8 Å². The highest BCUT2D eigenvalue weighted by Gasteiger charge is 2.46. The molecule has 2 aliphatic rings. The lowest BCUT2D eigenvalue weighted by Gasteiger charge is -2.14. The minimum absolute atomic E-state index is 0.0295. The number of rotatable bonds is 1. The molecule has 1 fully saturated rings. The van der Waals surface area contributed by atoms with Crippen LogP contribution in [0.1, 0.15) is 19.8 Å². The summed E-state index contributed by atoms with van der Waals surface area (Å²) < 4.78 is 0. The maximum atomic E-state index is 11.7. The molecule has 2 atom stereocenters. The van der Waals surface area contributed by atoms with Crippen molar-refractivity contribution in [3.8, 4) is 0 Å². The van der Waals surface area contributed by atoms with Crippen LogP contribution in [0.5, 0.6) is 0 Å². The van der Waals surface area contributed by atoms with Gasteiger partial charge in [0.05, 0.1) is 11.8 Å². The summed E-state index contributed by atoms with van der Waals surface area (Å²) in [6.45, 7) is 2.37. The summed E-state index contributed by atoms with van der Waals surface area (Å²) in [7, 11) is 0.